The number of benzene rings is 2. The molecule has 2 aromatic carbocycles. The molecule has 2 saturated heterocycles. The van der Waals surface area contributed by atoms with Gasteiger partial charge in [0.15, 0.2) is 9.84 Å². The van der Waals surface area contributed by atoms with E-state index in [0.29, 0.717) is 18.8 Å². The highest BCUT2D eigenvalue weighted by Gasteiger charge is 2.44. The summed E-state index contributed by atoms with van der Waals surface area (Å²) in [5.74, 6) is -0.269. The molecule has 0 aliphatic carbocycles. The van der Waals surface area contributed by atoms with E-state index >= 15 is 0 Å². The fourth-order valence-electron chi connectivity index (χ4n) is 3.76. The number of nitrogens with zero attached hydrogens (tertiary/aromatic N) is 1. The van der Waals surface area contributed by atoms with Crippen LogP contribution in [0.3, 0.4) is 0 Å². The van der Waals surface area contributed by atoms with Crippen LogP contribution in [0.2, 0.25) is 0 Å². The van der Waals surface area contributed by atoms with Gasteiger partial charge in [-0.05, 0) is 35.4 Å². The van der Waals surface area contributed by atoms with Gasteiger partial charge in [0.1, 0.15) is 5.82 Å². The zero-order valence-electron chi connectivity index (χ0n) is 14.6. The first-order valence-corrected chi connectivity index (χ1v) is 10.6. The van der Waals surface area contributed by atoms with Gasteiger partial charge in [0.05, 0.1) is 17.5 Å². The summed E-state index contributed by atoms with van der Waals surface area (Å²) in [7, 11) is -3.13. The smallest absolute Gasteiger partial charge is 0.318 e. The highest BCUT2D eigenvalue weighted by atomic mass is 32.2. The van der Waals surface area contributed by atoms with Gasteiger partial charge in [-0.15, -0.1) is 0 Å². The van der Waals surface area contributed by atoms with E-state index in [2.05, 4.69) is 10.6 Å². The molecule has 27 heavy (non-hydrogen) atoms. The number of carbonyl (C=O) groups is 1. The first-order chi connectivity index (χ1) is 12.9. The number of piperazine rings is 1. The summed E-state index contributed by atoms with van der Waals surface area (Å²) in [5, 5.41) is 6.03. The Kier molecular flexibility index (Phi) is 4.61. The van der Waals surface area contributed by atoms with Crippen molar-refractivity contribution in [2.45, 2.75) is 12.1 Å². The number of halogens is 1. The minimum atomic E-state index is -3.13. The molecule has 0 aromatic heterocycles. The lowest BCUT2D eigenvalue weighted by molar-refractivity contribution is 0.163. The van der Waals surface area contributed by atoms with Crippen LogP contribution >= 0.6 is 0 Å². The molecule has 2 aliphatic heterocycles. The van der Waals surface area contributed by atoms with Gasteiger partial charge >= 0.3 is 6.03 Å². The maximum atomic E-state index is 13.5. The molecule has 142 valence electrons. The van der Waals surface area contributed by atoms with Crippen LogP contribution in [0.25, 0.3) is 11.1 Å². The third-order valence-electron chi connectivity index (χ3n) is 5.01. The molecule has 0 spiro atoms. The molecule has 6 nitrogen and oxygen atoms in total. The van der Waals surface area contributed by atoms with Crippen molar-refractivity contribution < 1.29 is 17.6 Å². The molecule has 2 heterocycles. The Bertz CT molecular complexity index is 980. The molecular formula is C19H20FN3O3S. The molecule has 2 N–H and O–H groups in total. The van der Waals surface area contributed by atoms with E-state index in [1.54, 1.807) is 35.2 Å². The Morgan fingerprint density at radius 1 is 1.11 bits per heavy atom. The average molecular weight is 389 g/mol. The van der Waals surface area contributed by atoms with E-state index in [4.69, 9.17) is 0 Å². The molecule has 2 atom stereocenters. The van der Waals surface area contributed by atoms with Crippen LogP contribution < -0.4 is 10.6 Å². The summed E-state index contributed by atoms with van der Waals surface area (Å²) < 4.78 is 37.3. The Morgan fingerprint density at radius 3 is 2.63 bits per heavy atom. The van der Waals surface area contributed by atoms with Gasteiger partial charge < -0.3 is 15.5 Å². The molecule has 8 heteroatoms. The largest absolute Gasteiger partial charge is 0.322 e. The number of fused-ring (bicyclic) bond motifs is 1. The molecule has 2 aliphatic rings. The molecule has 0 bridgehead atoms. The van der Waals surface area contributed by atoms with Crippen molar-refractivity contribution >= 4 is 21.6 Å². The van der Waals surface area contributed by atoms with Crippen LogP contribution in [0, 0.1) is 5.82 Å². The van der Waals surface area contributed by atoms with E-state index in [0.717, 1.165) is 11.1 Å². The van der Waals surface area contributed by atoms with Crippen LogP contribution in [0.4, 0.5) is 14.9 Å². The van der Waals surface area contributed by atoms with Gasteiger partial charge in [-0.3, -0.25) is 0 Å². The Morgan fingerprint density at radius 2 is 1.85 bits per heavy atom. The minimum Gasteiger partial charge on any atom is -0.318 e. The molecule has 4 rings (SSSR count). The lowest BCUT2D eigenvalue weighted by Gasteiger charge is -2.37. The van der Waals surface area contributed by atoms with Gasteiger partial charge in [-0.25, -0.2) is 17.6 Å². The number of anilines is 1. The molecule has 0 unspecified atom stereocenters. The zero-order valence-corrected chi connectivity index (χ0v) is 15.4. The van der Waals surface area contributed by atoms with Crippen molar-refractivity contribution in [3.63, 3.8) is 0 Å². The molecular weight excluding hydrogens is 369 g/mol. The van der Waals surface area contributed by atoms with Crippen molar-refractivity contribution in [1.82, 2.24) is 10.2 Å². The van der Waals surface area contributed by atoms with E-state index in [1.807, 2.05) is 6.07 Å². The third kappa shape index (κ3) is 3.81. The van der Waals surface area contributed by atoms with Gasteiger partial charge in [0.25, 0.3) is 0 Å². The predicted octanol–water partition coefficient (Wildman–Crippen LogP) is 2.10. The van der Waals surface area contributed by atoms with Gasteiger partial charge in [-0.2, -0.15) is 0 Å². The van der Waals surface area contributed by atoms with E-state index in [9.17, 15) is 17.6 Å². The lowest BCUT2D eigenvalue weighted by Crippen LogP contribution is -2.59. The van der Waals surface area contributed by atoms with Crippen LogP contribution in [0.15, 0.2) is 48.5 Å². The number of hydrogen-bond acceptors (Lipinski definition) is 4. The molecule has 2 fully saturated rings. The quantitative estimate of drug-likeness (QED) is 0.825. The van der Waals surface area contributed by atoms with Crippen molar-refractivity contribution in [1.29, 1.82) is 0 Å². The third-order valence-corrected chi connectivity index (χ3v) is 6.73. The summed E-state index contributed by atoms with van der Waals surface area (Å²) in [4.78, 5) is 14.4. The Hall–Kier alpha value is -2.45. The monoisotopic (exact) mass is 389 g/mol. The lowest BCUT2D eigenvalue weighted by atomic mass is 10.0. The van der Waals surface area contributed by atoms with Gasteiger partial charge in [0, 0.05) is 24.8 Å². The second-order valence-corrected chi connectivity index (χ2v) is 9.07. The maximum Gasteiger partial charge on any atom is 0.322 e. The number of hydrogen-bond donors (Lipinski definition) is 2. The van der Waals surface area contributed by atoms with Crippen LogP contribution in [-0.2, 0) is 9.84 Å². The number of rotatable bonds is 2. The predicted molar refractivity (Wildman–Crippen MR) is 102 cm³/mol. The van der Waals surface area contributed by atoms with Gasteiger partial charge in [0.2, 0.25) is 0 Å². The van der Waals surface area contributed by atoms with E-state index < -0.39 is 9.84 Å². The van der Waals surface area contributed by atoms with Crippen molar-refractivity contribution in [2.75, 3.05) is 29.9 Å². The highest BCUT2D eigenvalue weighted by Crippen LogP contribution is 2.25. The molecule has 0 radical (unpaired) electrons. The summed E-state index contributed by atoms with van der Waals surface area (Å²) in [6.07, 6.45) is 0. The fourth-order valence-corrected chi connectivity index (χ4v) is 5.72. The summed E-state index contributed by atoms with van der Waals surface area (Å²) >= 11 is 0. The highest BCUT2D eigenvalue weighted by molar-refractivity contribution is 7.91. The normalized spacial score (nSPS) is 23.7. The Labute approximate surface area is 157 Å². The number of sulfone groups is 1. The summed E-state index contributed by atoms with van der Waals surface area (Å²) in [5.41, 5.74) is 2.09. The first kappa shape index (κ1) is 17.9. The first-order valence-electron chi connectivity index (χ1n) is 8.79. The second kappa shape index (κ2) is 6.94. The topological polar surface area (TPSA) is 78.5 Å². The fraction of sp³-hybridized carbons (Fsp3) is 0.316. The Balaban J connectivity index is 1.52. The standard InChI is InChI=1S/C19H20FN3O3S/c20-15-5-1-3-13(9-15)14-4-2-6-16(10-14)22-19(24)23-8-7-21-17-11-27(25,26)12-18(17)23/h1-6,9-10,17-18,21H,7-8,11-12H2,(H,22,24)/t17-,18+/m0/s1. The van der Waals surface area contributed by atoms with Gasteiger partial charge in [-0.1, -0.05) is 24.3 Å². The maximum absolute atomic E-state index is 13.5. The molecule has 2 amide bonds. The number of urea groups is 1. The van der Waals surface area contributed by atoms with Crippen molar-refractivity contribution in [2.24, 2.45) is 0 Å². The van der Waals surface area contributed by atoms with Crippen molar-refractivity contribution in [3.8, 4) is 11.1 Å². The minimum absolute atomic E-state index is 0.0125. The van der Waals surface area contributed by atoms with Crippen LogP contribution in [0.5, 0.6) is 0 Å². The summed E-state index contributed by atoms with van der Waals surface area (Å²) in [6.45, 7) is 1.01. The summed E-state index contributed by atoms with van der Waals surface area (Å²) in [6, 6.07) is 12.5. The van der Waals surface area contributed by atoms with Crippen LogP contribution in [-0.4, -0.2) is 56.0 Å². The number of nitrogens with one attached hydrogen (secondary N) is 2. The zero-order chi connectivity index (χ0) is 19.0. The number of amides is 2. The van der Waals surface area contributed by atoms with E-state index in [-0.39, 0.29) is 35.4 Å². The van der Waals surface area contributed by atoms with Crippen molar-refractivity contribution in [3.05, 3.63) is 54.3 Å². The molecule has 2 aromatic rings. The number of carbonyl (C=O) groups excluding carboxylic acids is 1. The van der Waals surface area contributed by atoms with E-state index in [1.165, 1.54) is 12.1 Å². The SMILES string of the molecule is O=C(Nc1cccc(-c2cccc(F)c2)c1)N1CCN[C@H]2CS(=O)(=O)C[C@H]21. The average Bonchev–Trinajstić information content (AvgIpc) is 2.95. The second-order valence-electron chi connectivity index (χ2n) is 6.92. The molecule has 0 saturated carbocycles. The van der Waals surface area contributed by atoms with Crippen LogP contribution in [0.1, 0.15) is 0 Å².